The van der Waals surface area contributed by atoms with Gasteiger partial charge < -0.3 is 19.0 Å². The van der Waals surface area contributed by atoms with Crippen LogP contribution in [0.2, 0.25) is 0 Å². The molecule has 0 saturated carbocycles. The lowest BCUT2D eigenvalue weighted by atomic mass is 10.1. The predicted molar refractivity (Wildman–Crippen MR) is 113 cm³/mol. The summed E-state index contributed by atoms with van der Waals surface area (Å²) in [5.41, 5.74) is 1.57. The van der Waals surface area contributed by atoms with Crippen LogP contribution in [0.3, 0.4) is 0 Å². The molecule has 158 valence electrons. The second kappa shape index (κ2) is 8.31. The molecule has 0 saturated heterocycles. The first-order valence-corrected chi connectivity index (χ1v) is 9.52. The van der Waals surface area contributed by atoms with Crippen molar-refractivity contribution in [2.75, 3.05) is 12.4 Å². The molecule has 4 aromatic rings. The van der Waals surface area contributed by atoms with Crippen LogP contribution < -0.4 is 15.6 Å². The Balaban J connectivity index is 1.69. The first-order valence-electron chi connectivity index (χ1n) is 9.52. The maximum absolute atomic E-state index is 12.8. The van der Waals surface area contributed by atoms with Gasteiger partial charge in [-0.25, -0.2) is 4.68 Å². The average molecular weight is 420 g/mol. The van der Waals surface area contributed by atoms with Crippen molar-refractivity contribution in [2.24, 2.45) is 0 Å². The number of carbonyl (C=O) groups is 1. The molecule has 1 amide bonds. The van der Waals surface area contributed by atoms with E-state index in [9.17, 15) is 9.59 Å². The van der Waals surface area contributed by atoms with E-state index in [1.54, 1.807) is 63.4 Å². The van der Waals surface area contributed by atoms with Crippen molar-refractivity contribution in [2.45, 2.75) is 19.9 Å². The van der Waals surface area contributed by atoms with Crippen molar-refractivity contribution in [3.8, 4) is 28.5 Å². The highest BCUT2D eigenvalue weighted by Gasteiger charge is 2.23. The average Bonchev–Trinajstić information content (AvgIpc) is 3.45. The van der Waals surface area contributed by atoms with Crippen molar-refractivity contribution < 1.29 is 18.5 Å². The van der Waals surface area contributed by atoms with Gasteiger partial charge in [0.25, 0.3) is 5.56 Å². The summed E-state index contributed by atoms with van der Waals surface area (Å²) in [6.45, 7) is 3.37. The van der Waals surface area contributed by atoms with Crippen LogP contribution in [-0.4, -0.2) is 28.0 Å². The van der Waals surface area contributed by atoms with Gasteiger partial charge in [-0.05, 0) is 50.2 Å². The number of rotatable bonds is 6. The standard InChI is InChI=1S/C22H20N4O5/c1-13-11-19(31-25-13)17-12-20(27)26(24-21(17)18-5-4-10-30-18)14(2)22(28)23-15-6-8-16(29-3)9-7-15/h4-12,14H,1-3H3,(H,23,28). The Labute approximate surface area is 177 Å². The molecule has 3 aromatic heterocycles. The number of carbonyl (C=O) groups excluding carboxylic acids is 1. The summed E-state index contributed by atoms with van der Waals surface area (Å²) in [4.78, 5) is 25.6. The highest BCUT2D eigenvalue weighted by Crippen LogP contribution is 2.30. The third-order valence-electron chi connectivity index (χ3n) is 4.71. The van der Waals surface area contributed by atoms with Crippen LogP contribution in [0.4, 0.5) is 5.69 Å². The molecule has 1 N–H and O–H groups in total. The molecule has 0 radical (unpaired) electrons. The molecule has 0 spiro atoms. The lowest BCUT2D eigenvalue weighted by molar-refractivity contribution is -0.119. The Morgan fingerprint density at radius 1 is 1.16 bits per heavy atom. The number of nitrogens with one attached hydrogen (secondary N) is 1. The molecule has 4 rings (SSSR count). The lowest BCUT2D eigenvalue weighted by Crippen LogP contribution is -2.33. The van der Waals surface area contributed by atoms with Crippen LogP contribution in [0, 0.1) is 6.92 Å². The molecule has 0 aliphatic heterocycles. The van der Waals surface area contributed by atoms with Crippen LogP contribution in [0.15, 0.2) is 68.5 Å². The van der Waals surface area contributed by atoms with Gasteiger partial charge in [0.05, 0.1) is 24.6 Å². The van der Waals surface area contributed by atoms with Crippen LogP contribution in [0.25, 0.3) is 22.8 Å². The second-order valence-electron chi connectivity index (χ2n) is 6.89. The van der Waals surface area contributed by atoms with Gasteiger partial charge in [0.1, 0.15) is 17.5 Å². The fourth-order valence-corrected chi connectivity index (χ4v) is 3.05. The molecular formula is C22H20N4O5. The Hall–Kier alpha value is -4.14. The number of nitrogens with zero attached hydrogens (tertiary/aromatic N) is 3. The van der Waals surface area contributed by atoms with E-state index in [1.165, 1.54) is 12.3 Å². The minimum absolute atomic E-state index is 0.366. The van der Waals surface area contributed by atoms with Crippen LogP contribution in [0.1, 0.15) is 18.7 Å². The Bertz CT molecular complexity index is 1260. The van der Waals surface area contributed by atoms with E-state index in [0.717, 1.165) is 4.68 Å². The normalized spacial score (nSPS) is 11.8. The summed E-state index contributed by atoms with van der Waals surface area (Å²) < 4.78 is 17.0. The van der Waals surface area contributed by atoms with Gasteiger partial charge in [-0.2, -0.15) is 5.10 Å². The van der Waals surface area contributed by atoms with Gasteiger partial charge >= 0.3 is 0 Å². The number of methoxy groups -OCH3 is 1. The summed E-state index contributed by atoms with van der Waals surface area (Å²) in [7, 11) is 1.56. The topological polar surface area (TPSA) is 112 Å². The third-order valence-corrected chi connectivity index (χ3v) is 4.71. The van der Waals surface area contributed by atoms with Crippen molar-refractivity contribution >= 4 is 11.6 Å². The summed E-state index contributed by atoms with van der Waals surface area (Å²) in [6.07, 6.45) is 1.50. The number of anilines is 1. The lowest BCUT2D eigenvalue weighted by Gasteiger charge is -2.16. The SMILES string of the molecule is COc1ccc(NC(=O)C(C)n2nc(-c3ccco3)c(-c3cc(C)no3)cc2=O)cc1. The molecule has 9 heteroatoms. The van der Waals surface area contributed by atoms with Crippen molar-refractivity contribution in [1.29, 1.82) is 0 Å². The number of hydrogen-bond acceptors (Lipinski definition) is 7. The van der Waals surface area contributed by atoms with Gasteiger partial charge in [0.2, 0.25) is 5.91 Å². The van der Waals surface area contributed by atoms with Gasteiger partial charge in [0.15, 0.2) is 11.5 Å². The van der Waals surface area contributed by atoms with Gasteiger partial charge in [0, 0.05) is 17.8 Å². The number of benzene rings is 1. The van der Waals surface area contributed by atoms with Gasteiger partial charge in [-0.1, -0.05) is 5.16 Å². The van der Waals surface area contributed by atoms with Crippen molar-refractivity contribution in [1.82, 2.24) is 14.9 Å². The first-order chi connectivity index (χ1) is 15.0. The molecule has 3 heterocycles. The summed E-state index contributed by atoms with van der Waals surface area (Å²) in [6, 6.07) is 12.5. The number of furan rings is 1. The van der Waals surface area contributed by atoms with E-state index in [1.807, 2.05) is 0 Å². The van der Waals surface area contributed by atoms with Gasteiger partial charge in [-0.15, -0.1) is 0 Å². The summed E-state index contributed by atoms with van der Waals surface area (Å²) >= 11 is 0. The molecule has 0 aliphatic rings. The fourth-order valence-electron chi connectivity index (χ4n) is 3.05. The quantitative estimate of drug-likeness (QED) is 0.506. The van der Waals surface area contributed by atoms with E-state index in [0.29, 0.717) is 39.9 Å². The third kappa shape index (κ3) is 4.11. The Morgan fingerprint density at radius 3 is 2.55 bits per heavy atom. The van der Waals surface area contributed by atoms with Crippen LogP contribution in [-0.2, 0) is 4.79 Å². The maximum Gasteiger partial charge on any atom is 0.268 e. The van der Waals surface area contributed by atoms with Crippen LogP contribution in [0.5, 0.6) is 5.75 Å². The smallest absolute Gasteiger partial charge is 0.268 e. The molecule has 9 nitrogen and oxygen atoms in total. The molecule has 0 aliphatic carbocycles. The predicted octanol–water partition coefficient (Wildman–Crippen LogP) is 3.68. The van der Waals surface area contributed by atoms with Crippen LogP contribution >= 0.6 is 0 Å². The zero-order chi connectivity index (χ0) is 22.0. The molecule has 1 aromatic carbocycles. The zero-order valence-electron chi connectivity index (χ0n) is 17.2. The largest absolute Gasteiger partial charge is 0.497 e. The molecule has 31 heavy (non-hydrogen) atoms. The first kappa shape index (κ1) is 20.1. The number of aryl methyl sites for hydroxylation is 1. The Kier molecular flexibility index (Phi) is 5.40. The molecular weight excluding hydrogens is 400 g/mol. The maximum atomic E-state index is 12.8. The van der Waals surface area contributed by atoms with E-state index < -0.39 is 17.5 Å². The van der Waals surface area contributed by atoms with Crippen molar-refractivity contribution in [3.05, 3.63) is 70.8 Å². The fraction of sp³-hybridized carbons (Fsp3) is 0.182. The molecule has 0 bridgehead atoms. The van der Waals surface area contributed by atoms with E-state index in [2.05, 4.69) is 15.6 Å². The minimum atomic E-state index is -0.881. The second-order valence-corrected chi connectivity index (χ2v) is 6.89. The monoisotopic (exact) mass is 420 g/mol. The van der Waals surface area contributed by atoms with E-state index in [4.69, 9.17) is 13.7 Å². The van der Waals surface area contributed by atoms with Crippen molar-refractivity contribution in [3.63, 3.8) is 0 Å². The Morgan fingerprint density at radius 2 is 1.94 bits per heavy atom. The summed E-state index contributed by atoms with van der Waals surface area (Å²) in [5.74, 6) is 1.09. The zero-order valence-corrected chi connectivity index (χ0v) is 17.2. The molecule has 1 atom stereocenters. The van der Waals surface area contributed by atoms with E-state index in [-0.39, 0.29) is 0 Å². The minimum Gasteiger partial charge on any atom is -0.497 e. The molecule has 0 fully saturated rings. The highest BCUT2D eigenvalue weighted by atomic mass is 16.5. The van der Waals surface area contributed by atoms with Gasteiger partial charge in [-0.3, -0.25) is 9.59 Å². The molecule has 1 unspecified atom stereocenters. The number of aromatic nitrogens is 3. The number of ether oxygens (including phenoxy) is 1. The number of amides is 1. The number of hydrogen-bond donors (Lipinski definition) is 1. The van der Waals surface area contributed by atoms with E-state index >= 15 is 0 Å². The summed E-state index contributed by atoms with van der Waals surface area (Å²) in [5, 5.41) is 11.1. The highest BCUT2D eigenvalue weighted by molar-refractivity contribution is 5.93.